The molecular formula is C15H20N2O2. The average molecular weight is 260 g/mol. The number of carbonyl (C=O) groups excluding carboxylic acids is 2. The van der Waals surface area contributed by atoms with Crippen LogP contribution in [0.25, 0.3) is 0 Å². The van der Waals surface area contributed by atoms with Gasteiger partial charge in [0.2, 0.25) is 5.91 Å². The minimum absolute atomic E-state index is 0.0748. The highest BCUT2D eigenvalue weighted by Crippen LogP contribution is 2.25. The molecule has 0 aromatic heterocycles. The molecule has 1 unspecified atom stereocenters. The van der Waals surface area contributed by atoms with Gasteiger partial charge in [0.1, 0.15) is 0 Å². The lowest BCUT2D eigenvalue weighted by atomic mass is 9.85. The Labute approximate surface area is 113 Å². The molecule has 1 aliphatic rings. The van der Waals surface area contributed by atoms with Crippen molar-refractivity contribution < 1.29 is 9.59 Å². The summed E-state index contributed by atoms with van der Waals surface area (Å²) in [6.45, 7) is 3.29. The van der Waals surface area contributed by atoms with E-state index in [9.17, 15) is 9.59 Å². The zero-order valence-corrected chi connectivity index (χ0v) is 11.2. The molecule has 2 N–H and O–H groups in total. The lowest BCUT2D eigenvalue weighted by Crippen LogP contribution is -2.41. The van der Waals surface area contributed by atoms with Gasteiger partial charge in [0.25, 0.3) is 5.91 Å². The van der Waals surface area contributed by atoms with Crippen molar-refractivity contribution in [2.24, 2.45) is 17.6 Å². The van der Waals surface area contributed by atoms with Gasteiger partial charge in [-0.15, -0.1) is 0 Å². The number of piperidine rings is 1. The summed E-state index contributed by atoms with van der Waals surface area (Å²) >= 11 is 0. The third-order valence-electron chi connectivity index (χ3n) is 4.00. The molecule has 102 valence electrons. The van der Waals surface area contributed by atoms with Crippen LogP contribution >= 0.6 is 0 Å². The van der Waals surface area contributed by atoms with E-state index in [2.05, 4.69) is 0 Å². The van der Waals surface area contributed by atoms with Crippen molar-refractivity contribution in [3.8, 4) is 0 Å². The van der Waals surface area contributed by atoms with E-state index in [1.807, 2.05) is 42.2 Å². The van der Waals surface area contributed by atoms with E-state index >= 15 is 0 Å². The summed E-state index contributed by atoms with van der Waals surface area (Å²) in [5.74, 6) is 0.0323. The zero-order chi connectivity index (χ0) is 13.8. The molecule has 2 rings (SSSR count). The molecule has 1 aromatic carbocycles. The molecule has 0 saturated carbocycles. The van der Waals surface area contributed by atoms with E-state index in [0.29, 0.717) is 19.0 Å². The van der Waals surface area contributed by atoms with E-state index in [0.717, 1.165) is 18.4 Å². The second-order valence-electron chi connectivity index (χ2n) is 5.19. The number of amides is 2. The maximum absolute atomic E-state index is 12.2. The van der Waals surface area contributed by atoms with Crippen LogP contribution < -0.4 is 5.73 Å². The normalized spacial score (nSPS) is 18.1. The number of primary amides is 1. The first kappa shape index (κ1) is 13.6. The third-order valence-corrected chi connectivity index (χ3v) is 4.00. The molecule has 1 aliphatic heterocycles. The Morgan fingerprint density at radius 2 is 1.79 bits per heavy atom. The Morgan fingerprint density at radius 1 is 1.21 bits per heavy atom. The van der Waals surface area contributed by atoms with Crippen molar-refractivity contribution in [3.63, 3.8) is 0 Å². The Hall–Kier alpha value is -1.84. The van der Waals surface area contributed by atoms with Crippen molar-refractivity contribution in [1.82, 2.24) is 4.90 Å². The predicted molar refractivity (Wildman–Crippen MR) is 73.4 cm³/mol. The van der Waals surface area contributed by atoms with E-state index in [4.69, 9.17) is 5.73 Å². The van der Waals surface area contributed by atoms with Gasteiger partial charge in [0.05, 0.1) is 0 Å². The van der Waals surface area contributed by atoms with Gasteiger partial charge in [-0.2, -0.15) is 0 Å². The molecule has 4 nitrogen and oxygen atoms in total. The number of hydrogen-bond acceptors (Lipinski definition) is 2. The first-order valence-electron chi connectivity index (χ1n) is 6.73. The zero-order valence-electron chi connectivity index (χ0n) is 11.2. The summed E-state index contributed by atoms with van der Waals surface area (Å²) in [5, 5.41) is 0. The maximum atomic E-state index is 12.2. The van der Waals surface area contributed by atoms with Gasteiger partial charge in [-0.05, 0) is 30.9 Å². The molecule has 1 saturated heterocycles. The van der Waals surface area contributed by atoms with Crippen LogP contribution in [-0.4, -0.2) is 29.8 Å². The van der Waals surface area contributed by atoms with Gasteiger partial charge in [0.15, 0.2) is 0 Å². The third kappa shape index (κ3) is 3.13. The first-order chi connectivity index (χ1) is 9.09. The van der Waals surface area contributed by atoms with Crippen molar-refractivity contribution >= 4 is 11.8 Å². The topological polar surface area (TPSA) is 63.4 Å². The Balaban J connectivity index is 1.93. The minimum Gasteiger partial charge on any atom is -0.369 e. The highest BCUT2D eigenvalue weighted by molar-refractivity contribution is 5.94. The van der Waals surface area contributed by atoms with Crippen LogP contribution in [0.5, 0.6) is 0 Å². The second kappa shape index (κ2) is 5.87. The fraction of sp³-hybridized carbons (Fsp3) is 0.467. The maximum Gasteiger partial charge on any atom is 0.253 e. The molecule has 0 bridgehead atoms. The van der Waals surface area contributed by atoms with E-state index in [1.165, 1.54) is 0 Å². The van der Waals surface area contributed by atoms with E-state index in [1.54, 1.807) is 0 Å². The van der Waals surface area contributed by atoms with E-state index < -0.39 is 0 Å². The van der Waals surface area contributed by atoms with Crippen molar-refractivity contribution in [2.75, 3.05) is 13.1 Å². The summed E-state index contributed by atoms with van der Waals surface area (Å²) in [4.78, 5) is 25.3. The number of nitrogens with zero attached hydrogens (tertiary/aromatic N) is 1. The summed E-state index contributed by atoms with van der Waals surface area (Å²) in [7, 11) is 0. The van der Waals surface area contributed by atoms with Crippen LogP contribution in [0.15, 0.2) is 30.3 Å². The van der Waals surface area contributed by atoms with Gasteiger partial charge in [-0.3, -0.25) is 9.59 Å². The smallest absolute Gasteiger partial charge is 0.253 e. The van der Waals surface area contributed by atoms with Crippen LogP contribution in [0.2, 0.25) is 0 Å². The molecule has 0 aliphatic carbocycles. The highest BCUT2D eigenvalue weighted by atomic mass is 16.2. The lowest BCUT2D eigenvalue weighted by Gasteiger charge is -2.34. The standard InChI is InChI=1S/C15H20N2O2/c1-11(14(16)18)12-7-9-17(10-8-12)15(19)13-5-3-2-4-6-13/h2-6,11-12H,7-10H2,1H3,(H2,16,18). The second-order valence-corrected chi connectivity index (χ2v) is 5.19. The number of carbonyl (C=O) groups is 2. The molecule has 4 heteroatoms. The SMILES string of the molecule is CC(C(N)=O)C1CCN(C(=O)c2ccccc2)CC1. The van der Waals surface area contributed by atoms with Crippen LogP contribution in [0.1, 0.15) is 30.1 Å². The molecule has 1 heterocycles. The number of likely N-dealkylation sites (tertiary alicyclic amines) is 1. The molecule has 1 atom stereocenters. The summed E-state index contributed by atoms with van der Waals surface area (Å²) in [6, 6.07) is 9.31. The van der Waals surface area contributed by atoms with Gasteiger partial charge < -0.3 is 10.6 Å². The van der Waals surface area contributed by atoms with Crippen LogP contribution in [0.3, 0.4) is 0 Å². The number of nitrogens with two attached hydrogens (primary N) is 1. The van der Waals surface area contributed by atoms with E-state index in [-0.39, 0.29) is 17.7 Å². The van der Waals surface area contributed by atoms with Crippen LogP contribution in [-0.2, 0) is 4.79 Å². The number of hydrogen-bond donors (Lipinski definition) is 1. The molecule has 19 heavy (non-hydrogen) atoms. The minimum atomic E-state index is -0.243. The average Bonchev–Trinajstić information content (AvgIpc) is 2.46. The van der Waals surface area contributed by atoms with Gasteiger partial charge in [-0.1, -0.05) is 25.1 Å². The van der Waals surface area contributed by atoms with Gasteiger partial charge in [0, 0.05) is 24.6 Å². The summed E-state index contributed by atoms with van der Waals surface area (Å²) < 4.78 is 0. The molecule has 2 amide bonds. The number of benzene rings is 1. The first-order valence-corrected chi connectivity index (χ1v) is 6.73. The monoisotopic (exact) mass is 260 g/mol. The molecule has 0 radical (unpaired) electrons. The fourth-order valence-corrected chi connectivity index (χ4v) is 2.60. The van der Waals surface area contributed by atoms with Crippen molar-refractivity contribution in [1.29, 1.82) is 0 Å². The Kier molecular flexibility index (Phi) is 4.20. The number of rotatable bonds is 3. The van der Waals surface area contributed by atoms with Crippen molar-refractivity contribution in [2.45, 2.75) is 19.8 Å². The van der Waals surface area contributed by atoms with Gasteiger partial charge >= 0.3 is 0 Å². The van der Waals surface area contributed by atoms with Gasteiger partial charge in [-0.25, -0.2) is 0 Å². The van der Waals surface area contributed by atoms with Crippen LogP contribution in [0.4, 0.5) is 0 Å². The summed E-state index contributed by atoms with van der Waals surface area (Å²) in [5.41, 5.74) is 6.06. The Bertz CT molecular complexity index is 450. The molecule has 1 fully saturated rings. The lowest BCUT2D eigenvalue weighted by molar-refractivity contribution is -0.123. The largest absolute Gasteiger partial charge is 0.369 e. The highest BCUT2D eigenvalue weighted by Gasteiger charge is 2.28. The van der Waals surface area contributed by atoms with Crippen LogP contribution in [0, 0.1) is 11.8 Å². The predicted octanol–water partition coefficient (Wildman–Crippen LogP) is 1.66. The molecular weight excluding hydrogens is 240 g/mol. The summed E-state index contributed by atoms with van der Waals surface area (Å²) in [6.07, 6.45) is 1.70. The van der Waals surface area contributed by atoms with Crippen molar-refractivity contribution in [3.05, 3.63) is 35.9 Å². The molecule has 1 aromatic rings. The molecule has 0 spiro atoms. The fourth-order valence-electron chi connectivity index (χ4n) is 2.60. The quantitative estimate of drug-likeness (QED) is 0.898. The Morgan fingerprint density at radius 3 is 2.32 bits per heavy atom.